The molecule has 0 heterocycles. The predicted molar refractivity (Wildman–Crippen MR) is 52.1 cm³/mol. The van der Waals surface area contributed by atoms with E-state index >= 15 is 0 Å². The molecule has 0 spiro atoms. The molecular formula is C12H8O2. The molecule has 0 aliphatic rings. The van der Waals surface area contributed by atoms with Gasteiger partial charge in [-0.05, 0) is 35.4 Å². The van der Waals surface area contributed by atoms with Gasteiger partial charge >= 0.3 is 0 Å². The lowest BCUT2D eigenvalue weighted by Gasteiger charge is -2.00. The third-order valence-corrected chi connectivity index (χ3v) is 2.04. The van der Waals surface area contributed by atoms with E-state index in [1.54, 1.807) is 24.3 Å². The van der Waals surface area contributed by atoms with E-state index in [1.165, 1.54) is 24.3 Å². The van der Waals surface area contributed by atoms with Crippen LogP contribution in [0.4, 0.5) is 0 Å². The monoisotopic (exact) mass is 184 g/mol. The fraction of sp³-hybridized carbons (Fsp3) is 0. The van der Waals surface area contributed by atoms with Gasteiger partial charge in [0.1, 0.15) is 0 Å². The van der Waals surface area contributed by atoms with Gasteiger partial charge in [0.25, 0.3) is 0 Å². The second-order valence-electron chi connectivity index (χ2n) is 3.05. The maximum atomic E-state index is 10.9. The smallest absolute Gasteiger partial charge is 0.178 e. The molecule has 2 aromatic carbocycles. The number of benzene rings is 2. The molecule has 68 valence electrons. The molecule has 2 heteroatoms. The van der Waals surface area contributed by atoms with Crippen molar-refractivity contribution in [2.45, 2.75) is 0 Å². The first-order chi connectivity index (χ1) is 6.75. The molecule has 0 fully saturated rings. The average molecular weight is 184 g/mol. The van der Waals surface area contributed by atoms with E-state index in [0.717, 1.165) is 11.1 Å². The number of rotatable bonds is 1. The van der Waals surface area contributed by atoms with Gasteiger partial charge in [0.15, 0.2) is 11.5 Å². The molecule has 0 saturated heterocycles. The topological polar surface area (TPSA) is 39.8 Å². The van der Waals surface area contributed by atoms with Gasteiger partial charge in [-0.1, -0.05) is 24.3 Å². The van der Waals surface area contributed by atoms with E-state index in [-0.39, 0.29) is 11.5 Å². The van der Waals surface area contributed by atoms with Crippen molar-refractivity contribution in [2.24, 2.45) is 0 Å². The van der Waals surface area contributed by atoms with Crippen LogP contribution < -0.4 is 0 Å². The van der Waals surface area contributed by atoms with Gasteiger partial charge < -0.3 is 0 Å². The maximum Gasteiger partial charge on any atom is 0.178 e. The summed E-state index contributed by atoms with van der Waals surface area (Å²) in [4.78, 5) is 0. The molecule has 0 saturated carbocycles. The highest BCUT2D eigenvalue weighted by atomic mass is 16.3. The summed E-state index contributed by atoms with van der Waals surface area (Å²) in [6.07, 6.45) is 0. The summed E-state index contributed by atoms with van der Waals surface area (Å²) in [6, 6.07) is 13.1. The summed E-state index contributed by atoms with van der Waals surface area (Å²) in [6.45, 7) is 0. The minimum atomic E-state index is -0.00537. The predicted octanol–water partition coefficient (Wildman–Crippen LogP) is 3.64. The molecule has 0 atom stereocenters. The molecule has 2 radical (unpaired) electrons. The fourth-order valence-electron chi connectivity index (χ4n) is 1.29. The minimum Gasteiger partial charge on any atom is -0.290 e. The molecule has 0 N–H and O–H groups in total. The van der Waals surface area contributed by atoms with Crippen LogP contribution in [0.25, 0.3) is 11.1 Å². The third-order valence-electron chi connectivity index (χ3n) is 2.04. The van der Waals surface area contributed by atoms with Crippen molar-refractivity contribution in [1.29, 1.82) is 0 Å². The van der Waals surface area contributed by atoms with E-state index in [2.05, 4.69) is 0 Å². The average Bonchev–Trinajstić information content (AvgIpc) is 2.21. The zero-order valence-corrected chi connectivity index (χ0v) is 7.44. The normalized spacial score (nSPS) is 10.0. The summed E-state index contributed by atoms with van der Waals surface area (Å²) < 4.78 is 0. The second-order valence-corrected chi connectivity index (χ2v) is 3.05. The van der Waals surface area contributed by atoms with Crippen molar-refractivity contribution < 1.29 is 10.2 Å². The molecule has 2 nitrogen and oxygen atoms in total. The maximum absolute atomic E-state index is 10.9. The Labute approximate surface area is 82.1 Å². The minimum absolute atomic E-state index is 0.00537. The SMILES string of the molecule is [O]c1ccc(-c2ccc([O])cc2)cc1. The van der Waals surface area contributed by atoms with Gasteiger partial charge in [0, 0.05) is 0 Å². The summed E-state index contributed by atoms with van der Waals surface area (Å²) in [5.41, 5.74) is 1.90. The first-order valence-electron chi connectivity index (χ1n) is 4.30. The van der Waals surface area contributed by atoms with Crippen molar-refractivity contribution in [3.05, 3.63) is 48.5 Å². The van der Waals surface area contributed by atoms with E-state index < -0.39 is 0 Å². The molecule has 0 amide bonds. The Bertz CT molecular complexity index is 372. The quantitative estimate of drug-likeness (QED) is 0.649. The summed E-state index contributed by atoms with van der Waals surface area (Å²) in [5.74, 6) is -0.0107. The Balaban J connectivity index is 2.40. The van der Waals surface area contributed by atoms with Crippen molar-refractivity contribution >= 4 is 0 Å². The van der Waals surface area contributed by atoms with E-state index in [0.29, 0.717) is 0 Å². The molecule has 0 aromatic heterocycles. The third kappa shape index (κ3) is 1.69. The van der Waals surface area contributed by atoms with Crippen LogP contribution in [0.5, 0.6) is 11.5 Å². The van der Waals surface area contributed by atoms with Crippen molar-refractivity contribution in [3.8, 4) is 22.6 Å². The molecule has 0 aliphatic carbocycles. The van der Waals surface area contributed by atoms with Gasteiger partial charge in [-0.15, -0.1) is 0 Å². The highest BCUT2D eigenvalue weighted by Gasteiger charge is 1.98. The van der Waals surface area contributed by atoms with Crippen molar-refractivity contribution in [1.82, 2.24) is 0 Å². The molecule has 2 rings (SSSR count). The van der Waals surface area contributed by atoms with Crippen LogP contribution in [-0.2, 0) is 10.2 Å². The first kappa shape index (κ1) is 8.63. The number of hydrogen-bond donors (Lipinski definition) is 0. The van der Waals surface area contributed by atoms with Crippen molar-refractivity contribution in [3.63, 3.8) is 0 Å². The molecule has 0 aliphatic heterocycles. The van der Waals surface area contributed by atoms with Crippen LogP contribution in [0, 0.1) is 0 Å². The Morgan fingerprint density at radius 2 is 0.786 bits per heavy atom. The Hall–Kier alpha value is -1.96. The molecule has 2 aromatic rings. The van der Waals surface area contributed by atoms with E-state index in [1.807, 2.05) is 0 Å². The lowest BCUT2D eigenvalue weighted by Crippen LogP contribution is -1.75. The highest BCUT2D eigenvalue weighted by molar-refractivity contribution is 5.64. The fourth-order valence-corrected chi connectivity index (χ4v) is 1.29. The number of hydrogen-bond acceptors (Lipinski definition) is 0. The van der Waals surface area contributed by atoms with Gasteiger partial charge in [0.2, 0.25) is 0 Å². The van der Waals surface area contributed by atoms with Crippen LogP contribution >= 0.6 is 0 Å². The highest BCUT2D eigenvalue weighted by Crippen LogP contribution is 2.23. The zero-order valence-electron chi connectivity index (χ0n) is 7.44. The van der Waals surface area contributed by atoms with Gasteiger partial charge in [-0.25, -0.2) is 0 Å². The van der Waals surface area contributed by atoms with Crippen LogP contribution in [-0.4, -0.2) is 0 Å². The Kier molecular flexibility index (Phi) is 2.11. The van der Waals surface area contributed by atoms with Crippen LogP contribution in [0.15, 0.2) is 48.5 Å². The zero-order chi connectivity index (χ0) is 9.97. The van der Waals surface area contributed by atoms with E-state index in [9.17, 15) is 10.2 Å². The van der Waals surface area contributed by atoms with E-state index in [4.69, 9.17) is 0 Å². The second kappa shape index (κ2) is 3.42. The molecule has 0 unspecified atom stereocenters. The van der Waals surface area contributed by atoms with Gasteiger partial charge in [0.05, 0.1) is 0 Å². The van der Waals surface area contributed by atoms with Gasteiger partial charge in [-0.2, -0.15) is 0 Å². The van der Waals surface area contributed by atoms with Crippen LogP contribution in [0.1, 0.15) is 0 Å². The van der Waals surface area contributed by atoms with Gasteiger partial charge in [-0.3, -0.25) is 10.2 Å². The Morgan fingerprint density at radius 1 is 0.500 bits per heavy atom. The summed E-state index contributed by atoms with van der Waals surface area (Å²) in [7, 11) is 0. The first-order valence-corrected chi connectivity index (χ1v) is 4.30. The Morgan fingerprint density at radius 3 is 1.07 bits per heavy atom. The largest absolute Gasteiger partial charge is 0.290 e. The standard InChI is InChI=1S/C12H8O2/c13-11-5-1-9(2-6-11)10-3-7-12(14)8-4-10/h1-8H. The summed E-state index contributed by atoms with van der Waals surface area (Å²) in [5, 5.41) is 21.7. The molecule has 0 bridgehead atoms. The molecule has 14 heavy (non-hydrogen) atoms. The molecular weight excluding hydrogens is 176 g/mol. The van der Waals surface area contributed by atoms with Crippen LogP contribution in [0.2, 0.25) is 0 Å². The lowest BCUT2D eigenvalue weighted by atomic mass is 10.1. The van der Waals surface area contributed by atoms with Crippen molar-refractivity contribution in [2.75, 3.05) is 0 Å². The lowest BCUT2D eigenvalue weighted by molar-refractivity contribution is 0.354. The van der Waals surface area contributed by atoms with Crippen LogP contribution in [0.3, 0.4) is 0 Å². The summed E-state index contributed by atoms with van der Waals surface area (Å²) >= 11 is 0.